The van der Waals surface area contributed by atoms with Crippen LogP contribution in [-0.2, 0) is 17.8 Å². The third-order valence-electron chi connectivity index (χ3n) is 5.24. The van der Waals surface area contributed by atoms with Crippen LogP contribution in [0.4, 0.5) is 4.79 Å². The summed E-state index contributed by atoms with van der Waals surface area (Å²) in [6.45, 7) is 1.97. The number of benzene rings is 2. The average molecular weight is 407 g/mol. The topological polar surface area (TPSA) is 32.8 Å². The normalized spacial score (nSPS) is 19.8. The molecule has 0 radical (unpaired) electrons. The number of hydrogen-bond donors (Lipinski definition) is 0. The molecule has 1 atom stereocenters. The van der Waals surface area contributed by atoms with Crippen molar-refractivity contribution in [2.45, 2.75) is 32.0 Å². The van der Waals surface area contributed by atoms with E-state index in [0.29, 0.717) is 13.1 Å². The van der Waals surface area contributed by atoms with Crippen LogP contribution in [-0.4, -0.2) is 35.6 Å². The lowest BCUT2D eigenvalue weighted by Crippen LogP contribution is -2.34. The molecule has 2 aliphatic heterocycles. The van der Waals surface area contributed by atoms with Gasteiger partial charge in [-0.05, 0) is 29.4 Å². The van der Waals surface area contributed by atoms with Crippen molar-refractivity contribution in [1.29, 1.82) is 0 Å². The Hall–Kier alpha value is -2.50. The van der Waals surface area contributed by atoms with E-state index in [9.17, 15) is 4.79 Å². The van der Waals surface area contributed by atoms with E-state index in [2.05, 4.69) is 35.7 Å². The molecule has 2 aromatic carbocycles. The molecular formula is C24H26N2O2S. The highest BCUT2D eigenvalue weighted by molar-refractivity contribution is 8.06. The van der Waals surface area contributed by atoms with Crippen molar-refractivity contribution >= 4 is 17.8 Å². The SMILES string of the molecule is COCCCC=C1SC=C2[C@@H]1N(Cc1ccccc1)C(=O)N2Cc1ccccc1. The highest BCUT2D eigenvalue weighted by Gasteiger charge is 2.46. The van der Waals surface area contributed by atoms with Crippen LogP contribution < -0.4 is 0 Å². The van der Waals surface area contributed by atoms with E-state index >= 15 is 0 Å². The second-order valence-corrected chi connectivity index (χ2v) is 8.22. The summed E-state index contributed by atoms with van der Waals surface area (Å²) in [6, 6.07) is 20.5. The Morgan fingerprint density at radius 1 is 1.00 bits per heavy atom. The molecule has 0 aliphatic carbocycles. The first-order valence-corrected chi connectivity index (χ1v) is 10.9. The zero-order valence-electron chi connectivity index (χ0n) is 16.7. The molecule has 0 spiro atoms. The van der Waals surface area contributed by atoms with E-state index < -0.39 is 0 Å². The van der Waals surface area contributed by atoms with E-state index in [1.807, 2.05) is 46.2 Å². The van der Waals surface area contributed by atoms with Crippen LogP contribution in [0.5, 0.6) is 0 Å². The van der Waals surface area contributed by atoms with E-state index in [1.165, 1.54) is 4.91 Å². The number of unbranched alkanes of at least 4 members (excludes halogenated alkanes) is 1. The fraction of sp³-hybridized carbons (Fsp3) is 0.292. The Morgan fingerprint density at radius 3 is 2.31 bits per heavy atom. The Balaban J connectivity index is 1.59. The van der Waals surface area contributed by atoms with E-state index in [4.69, 9.17) is 4.74 Å². The lowest BCUT2D eigenvalue weighted by Gasteiger charge is -2.23. The van der Waals surface area contributed by atoms with Crippen LogP contribution in [0.15, 0.2) is 82.7 Å². The molecule has 1 saturated heterocycles. The molecule has 2 amide bonds. The quantitative estimate of drug-likeness (QED) is 0.551. The molecule has 2 aromatic rings. The summed E-state index contributed by atoms with van der Waals surface area (Å²) in [5.41, 5.74) is 3.39. The van der Waals surface area contributed by atoms with Gasteiger partial charge in [-0.2, -0.15) is 0 Å². The smallest absolute Gasteiger partial charge is 0.325 e. The first-order valence-electron chi connectivity index (χ1n) is 9.99. The number of allylic oxidation sites excluding steroid dienone is 1. The molecule has 4 rings (SSSR count). The van der Waals surface area contributed by atoms with Crippen LogP contribution >= 0.6 is 11.8 Å². The maximum Gasteiger partial charge on any atom is 0.325 e. The Bertz CT molecular complexity index is 896. The van der Waals surface area contributed by atoms with Gasteiger partial charge < -0.3 is 9.64 Å². The first-order chi connectivity index (χ1) is 14.3. The Labute approximate surface area is 176 Å². The number of rotatable bonds is 8. The summed E-state index contributed by atoms with van der Waals surface area (Å²) in [4.78, 5) is 18.6. The summed E-state index contributed by atoms with van der Waals surface area (Å²) in [7, 11) is 1.73. The minimum Gasteiger partial charge on any atom is -0.385 e. The van der Waals surface area contributed by atoms with Crippen molar-refractivity contribution in [2.75, 3.05) is 13.7 Å². The molecular weight excluding hydrogens is 380 g/mol. The highest BCUT2D eigenvalue weighted by atomic mass is 32.2. The van der Waals surface area contributed by atoms with Crippen molar-refractivity contribution < 1.29 is 9.53 Å². The van der Waals surface area contributed by atoms with Gasteiger partial charge in [0.05, 0.1) is 12.2 Å². The summed E-state index contributed by atoms with van der Waals surface area (Å²) >= 11 is 1.75. The minimum atomic E-state index is 0.0129. The number of carbonyl (C=O) groups is 1. The molecule has 1 fully saturated rings. The maximum absolute atomic E-state index is 13.4. The minimum absolute atomic E-state index is 0.0129. The monoisotopic (exact) mass is 406 g/mol. The molecule has 2 aliphatic rings. The van der Waals surface area contributed by atoms with Crippen molar-refractivity contribution in [2.24, 2.45) is 0 Å². The largest absolute Gasteiger partial charge is 0.385 e. The average Bonchev–Trinajstić information content (AvgIpc) is 3.27. The number of fused-ring (bicyclic) bond motifs is 1. The summed E-state index contributed by atoms with van der Waals surface area (Å²) in [5, 5.41) is 2.15. The summed E-state index contributed by atoms with van der Waals surface area (Å²) < 4.78 is 5.17. The van der Waals surface area contributed by atoms with Gasteiger partial charge in [-0.25, -0.2) is 4.79 Å². The Morgan fingerprint density at radius 2 is 1.66 bits per heavy atom. The van der Waals surface area contributed by atoms with Crippen LogP contribution in [0.25, 0.3) is 0 Å². The molecule has 0 bridgehead atoms. The van der Waals surface area contributed by atoms with Crippen LogP contribution in [0.3, 0.4) is 0 Å². The molecule has 0 aromatic heterocycles. The van der Waals surface area contributed by atoms with Gasteiger partial charge in [0.15, 0.2) is 0 Å². The number of nitrogens with zero attached hydrogens (tertiary/aromatic N) is 2. The van der Waals surface area contributed by atoms with Gasteiger partial charge in [0, 0.05) is 25.2 Å². The molecule has 4 nitrogen and oxygen atoms in total. The zero-order chi connectivity index (χ0) is 20.1. The number of amides is 2. The van der Waals surface area contributed by atoms with Gasteiger partial charge in [-0.15, -0.1) is 0 Å². The fourth-order valence-electron chi connectivity index (χ4n) is 3.80. The number of hydrogen-bond acceptors (Lipinski definition) is 3. The number of methoxy groups -OCH3 is 1. The van der Waals surface area contributed by atoms with Crippen LogP contribution in [0.2, 0.25) is 0 Å². The summed E-state index contributed by atoms with van der Waals surface area (Å²) in [5.74, 6) is 0. The first kappa shape index (κ1) is 19.8. The highest BCUT2D eigenvalue weighted by Crippen LogP contribution is 2.45. The van der Waals surface area contributed by atoms with Crippen LogP contribution in [0.1, 0.15) is 24.0 Å². The third-order valence-corrected chi connectivity index (χ3v) is 6.26. The fourth-order valence-corrected chi connectivity index (χ4v) is 4.90. The van der Waals surface area contributed by atoms with Gasteiger partial charge in [0.2, 0.25) is 0 Å². The third kappa shape index (κ3) is 4.41. The number of thioether (sulfide) groups is 1. The van der Waals surface area contributed by atoms with Gasteiger partial charge in [-0.1, -0.05) is 78.5 Å². The second kappa shape index (κ2) is 9.33. The maximum atomic E-state index is 13.4. The van der Waals surface area contributed by atoms with Gasteiger partial charge in [0.1, 0.15) is 6.04 Å². The van der Waals surface area contributed by atoms with Gasteiger partial charge in [-0.3, -0.25) is 4.90 Å². The lowest BCUT2D eigenvalue weighted by molar-refractivity contribution is 0.186. The molecule has 0 saturated carbocycles. The number of carbonyl (C=O) groups excluding carboxylic acids is 1. The van der Waals surface area contributed by atoms with E-state index in [0.717, 1.165) is 36.3 Å². The number of urea groups is 1. The van der Waals surface area contributed by atoms with Crippen LogP contribution in [0, 0.1) is 0 Å². The molecule has 2 heterocycles. The van der Waals surface area contributed by atoms with E-state index in [1.54, 1.807) is 18.9 Å². The van der Waals surface area contributed by atoms with Crippen molar-refractivity contribution in [3.63, 3.8) is 0 Å². The molecule has 0 N–H and O–H groups in total. The van der Waals surface area contributed by atoms with E-state index in [-0.39, 0.29) is 12.1 Å². The molecule has 5 heteroatoms. The lowest BCUT2D eigenvalue weighted by atomic mass is 10.1. The van der Waals surface area contributed by atoms with Crippen molar-refractivity contribution in [3.05, 3.63) is 93.9 Å². The van der Waals surface area contributed by atoms with Gasteiger partial charge in [0.25, 0.3) is 0 Å². The predicted octanol–water partition coefficient (Wildman–Crippen LogP) is 5.39. The molecule has 0 unspecified atom stereocenters. The molecule has 150 valence electrons. The number of ether oxygens (including phenoxy) is 1. The van der Waals surface area contributed by atoms with Crippen molar-refractivity contribution in [1.82, 2.24) is 9.80 Å². The predicted molar refractivity (Wildman–Crippen MR) is 118 cm³/mol. The molecule has 29 heavy (non-hydrogen) atoms. The summed E-state index contributed by atoms with van der Waals surface area (Å²) in [6.07, 6.45) is 4.22. The second-order valence-electron chi connectivity index (χ2n) is 7.27. The Kier molecular flexibility index (Phi) is 6.37. The van der Waals surface area contributed by atoms with Gasteiger partial charge >= 0.3 is 6.03 Å². The standard InChI is InChI=1S/C24H26N2O2S/c1-28-15-9-8-14-22-23-21(18-29-22)25(16-19-10-4-2-5-11-19)24(27)26(23)17-20-12-6-3-7-13-20/h2-7,10-14,18,23H,8-9,15-17H2,1H3/t23-/m0/s1. The van der Waals surface area contributed by atoms with Crippen molar-refractivity contribution in [3.8, 4) is 0 Å². The zero-order valence-corrected chi connectivity index (χ0v) is 17.5.